The summed E-state index contributed by atoms with van der Waals surface area (Å²) in [5, 5.41) is 31.8. The Bertz CT molecular complexity index is 3070. The summed E-state index contributed by atoms with van der Waals surface area (Å²) in [6, 6.07) is 6.48. The number of amides is 8. The van der Waals surface area contributed by atoms with Crippen LogP contribution in [0.25, 0.3) is 22.3 Å². The molecule has 8 amide bonds. The van der Waals surface area contributed by atoms with Crippen LogP contribution in [0.15, 0.2) is 41.2 Å². The molecule has 75 heavy (non-hydrogen) atoms. The molecule has 1 aliphatic carbocycles. The van der Waals surface area contributed by atoms with Crippen molar-refractivity contribution in [2.45, 2.75) is 97.4 Å². The van der Waals surface area contributed by atoms with Crippen LogP contribution in [0.4, 0.5) is 14.9 Å². The molecule has 0 saturated carbocycles. The molecule has 0 unspecified atom stereocenters. The third-order valence-electron chi connectivity index (χ3n) is 13.2. The van der Waals surface area contributed by atoms with Gasteiger partial charge in [0, 0.05) is 28.3 Å². The van der Waals surface area contributed by atoms with Gasteiger partial charge in [-0.1, -0.05) is 32.9 Å². The molecule has 4 aromatic rings. The molecule has 3 aliphatic rings. The number of rotatable bonds is 19. The number of anilines is 1. The Morgan fingerprint density at radius 3 is 2.11 bits per heavy atom. The van der Waals surface area contributed by atoms with E-state index < -0.39 is 121 Å². The summed E-state index contributed by atoms with van der Waals surface area (Å²) >= 11 is 0. The van der Waals surface area contributed by atoms with E-state index in [1.54, 1.807) is 58.0 Å². The molecular formula is C50H58FN11O13. The van der Waals surface area contributed by atoms with Crippen molar-refractivity contribution in [3.8, 4) is 11.4 Å². The molecule has 0 radical (unpaired) electrons. The Morgan fingerprint density at radius 2 is 1.49 bits per heavy atom. The van der Waals surface area contributed by atoms with Crippen LogP contribution in [0.3, 0.4) is 0 Å². The van der Waals surface area contributed by atoms with Crippen molar-refractivity contribution in [3.63, 3.8) is 0 Å². The minimum Gasteiger partial charge on any atom is -0.458 e. The summed E-state index contributed by atoms with van der Waals surface area (Å²) in [6.45, 7) is 5.39. The summed E-state index contributed by atoms with van der Waals surface area (Å²) < 4.78 is 27.7. The number of hydrogen-bond donors (Lipinski definition) is 10. The van der Waals surface area contributed by atoms with Gasteiger partial charge in [-0.3, -0.25) is 38.4 Å². The molecule has 4 atom stereocenters. The Balaban J connectivity index is 0.903. The Labute approximate surface area is 427 Å². The van der Waals surface area contributed by atoms with E-state index in [-0.39, 0.29) is 43.9 Å². The minimum absolute atomic E-state index is 0.0440. The summed E-state index contributed by atoms with van der Waals surface area (Å²) in [5.41, 5.74) is 7.31. The number of cyclic esters (lactones) is 1. The summed E-state index contributed by atoms with van der Waals surface area (Å²) in [6.07, 6.45) is -0.0199. The van der Waals surface area contributed by atoms with Crippen molar-refractivity contribution in [2.24, 2.45) is 11.7 Å². The molecule has 7 rings (SSSR count). The highest BCUT2D eigenvalue weighted by Gasteiger charge is 2.46. The number of aromatic nitrogens is 2. The van der Waals surface area contributed by atoms with Gasteiger partial charge in [0.05, 0.1) is 67.8 Å². The minimum atomic E-state index is -2.05. The number of nitrogens with two attached hydrogens (primary N) is 1. The van der Waals surface area contributed by atoms with Crippen LogP contribution < -0.4 is 53.8 Å². The van der Waals surface area contributed by atoms with Gasteiger partial charge in [-0.15, -0.1) is 0 Å². The predicted octanol–water partition coefficient (Wildman–Crippen LogP) is -0.552. The van der Waals surface area contributed by atoms with Crippen LogP contribution in [0.1, 0.15) is 85.5 Å². The maximum absolute atomic E-state index is 15.4. The van der Waals surface area contributed by atoms with Gasteiger partial charge in [-0.25, -0.2) is 19.0 Å². The molecule has 0 saturated heterocycles. The van der Waals surface area contributed by atoms with Crippen LogP contribution in [-0.2, 0) is 79.6 Å². The van der Waals surface area contributed by atoms with Crippen molar-refractivity contribution >= 4 is 70.0 Å². The zero-order valence-corrected chi connectivity index (χ0v) is 41.7. The Hall–Kier alpha value is -8.32. The largest absolute Gasteiger partial charge is 0.458 e. The normalized spacial score (nSPS) is 16.7. The lowest BCUT2D eigenvalue weighted by Gasteiger charge is -2.31. The number of aliphatic hydroxyl groups is 1. The van der Waals surface area contributed by atoms with Gasteiger partial charge in [0.15, 0.2) is 5.60 Å². The van der Waals surface area contributed by atoms with Gasteiger partial charge in [0.1, 0.15) is 31.1 Å². The molecule has 25 heteroatoms. The fourth-order valence-electron chi connectivity index (χ4n) is 9.07. The molecule has 0 fully saturated rings. The monoisotopic (exact) mass is 1040 g/mol. The number of ether oxygens (including phenoxy) is 2. The first-order valence-electron chi connectivity index (χ1n) is 24.1. The van der Waals surface area contributed by atoms with E-state index in [9.17, 15) is 53.1 Å². The van der Waals surface area contributed by atoms with Crippen molar-refractivity contribution in [1.82, 2.24) is 46.8 Å². The van der Waals surface area contributed by atoms with E-state index in [0.29, 0.717) is 63.1 Å². The van der Waals surface area contributed by atoms with Crippen LogP contribution in [0.2, 0.25) is 0 Å². The average molecular weight is 1040 g/mol. The van der Waals surface area contributed by atoms with E-state index in [1.807, 2.05) is 0 Å². The first-order valence-corrected chi connectivity index (χ1v) is 24.1. The first-order chi connectivity index (χ1) is 35.6. The van der Waals surface area contributed by atoms with Gasteiger partial charge in [0.2, 0.25) is 41.4 Å². The highest BCUT2D eigenvalue weighted by atomic mass is 19.1. The van der Waals surface area contributed by atoms with Crippen molar-refractivity contribution in [3.05, 3.63) is 91.5 Å². The fraction of sp³-hybridized carbons (Fsp3) is 0.420. The number of alkyl carbamates (subject to hydrolysis) is 1. The molecule has 2 aromatic carbocycles. The summed E-state index contributed by atoms with van der Waals surface area (Å²) in [7, 11) is 0. The molecule has 24 nitrogen and oxygen atoms in total. The number of nitrogens with one attached hydrogen (secondary N) is 8. The second kappa shape index (κ2) is 22.8. The van der Waals surface area contributed by atoms with E-state index in [1.165, 1.54) is 17.6 Å². The topological polar surface area (TPSA) is 349 Å². The average Bonchev–Trinajstić information content (AvgIpc) is 3.76. The number of esters is 1. The third kappa shape index (κ3) is 11.9. The maximum Gasteiger partial charge on any atom is 0.407 e. The van der Waals surface area contributed by atoms with Crippen LogP contribution in [-0.4, -0.2) is 113 Å². The number of fused-ring (bicyclic) bond motifs is 5. The SMILES string of the molecule is CC[C@@]1(O)C(=O)OCc2c1cc1n(c2=O)Cc2c-1nc1cc(F)c(C)c3c1c2[C@@H](NC(=O)OCc1ccc(NC(=O)[C@@H](C)NC(=O)[C@H](NC(=O)CNC(=O)CNC(=O)CNC(=O)CNC(=O)CN)C(C)C)cc1)CC3. The lowest BCUT2D eigenvalue weighted by molar-refractivity contribution is -0.172. The third-order valence-corrected chi connectivity index (χ3v) is 13.2. The lowest BCUT2D eigenvalue weighted by atomic mass is 9.81. The van der Waals surface area contributed by atoms with Crippen LogP contribution in [0.5, 0.6) is 0 Å². The second-order valence-electron chi connectivity index (χ2n) is 18.6. The zero-order valence-electron chi connectivity index (χ0n) is 41.7. The first kappa shape index (κ1) is 54.5. The van der Waals surface area contributed by atoms with Crippen molar-refractivity contribution < 1.29 is 62.1 Å². The number of carbonyl (C=O) groups is 9. The lowest BCUT2D eigenvalue weighted by Crippen LogP contribution is -2.55. The van der Waals surface area contributed by atoms with Gasteiger partial charge >= 0.3 is 12.1 Å². The van der Waals surface area contributed by atoms with Gasteiger partial charge in [0.25, 0.3) is 5.56 Å². The number of carbonyl (C=O) groups excluding carboxylic acids is 9. The quantitative estimate of drug-likeness (QED) is 0.0464. The van der Waals surface area contributed by atoms with Crippen LogP contribution >= 0.6 is 0 Å². The second-order valence-corrected chi connectivity index (χ2v) is 18.6. The van der Waals surface area contributed by atoms with Crippen LogP contribution in [0, 0.1) is 18.7 Å². The van der Waals surface area contributed by atoms with Gasteiger partial charge in [-0.2, -0.15) is 0 Å². The number of hydrogen-bond acceptors (Lipinski definition) is 15. The van der Waals surface area contributed by atoms with E-state index in [4.69, 9.17) is 20.2 Å². The number of benzene rings is 2. The summed E-state index contributed by atoms with van der Waals surface area (Å²) in [4.78, 5) is 131. The van der Waals surface area contributed by atoms with E-state index in [2.05, 4.69) is 42.5 Å². The molecule has 2 aromatic heterocycles. The van der Waals surface area contributed by atoms with E-state index >= 15 is 4.39 Å². The van der Waals surface area contributed by atoms with E-state index in [0.717, 1.165) is 5.56 Å². The smallest absolute Gasteiger partial charge is 0.407 e. The fourth-order valence-corrected chi connectivity index (χ4v) is 9.07. The number of nitrogens with zero attached hydrogens (tertiary/aromatic N) is 2. The van der Waals surface area contributed by atoms with Crippen molar-refractivity contribution in [2.75, 3.05) is 38.0 Å². The molecule has 4 heterocycles. The summed E-state index contributed by atoms with van der Waals surface area (Å²) in [5.74, 6) is -6.42. The zero-order chi connectivity index (χ0) is 54.5. The molecule has 0 spiro atoms. The Kier molecular flexibility index (Phi) is 16.6. The molecule has 398 valence electrons. The predicted molar refractivity (Wildman–Crippen MR) is 264 cm³/mol. The van der Waals surface area contributed by atoms with Crippen molar-refractivity contribution in [1.29, 1.82) is 0 Å². The Morgan fingerprint density at radius 1 is 0.867 bits per heavy atom. The van der Waals surface area contributed by atoms with Gasteiger partial charge < -0.3 is 67.4 Å². The standard InChI is InChI=1S/C50H58FN11O13/c1-6-50(73)31-13-35-44-29(20-62(35)47(70)30(31)22-74-48(50)71)42-33(12-11-28-24(4)32(51)14-34(59-44)41(28)42)60-49(72)75-21-26-7-9-27(10-8-26)58-45(68)25(5)57-46(69)43(23(2)3)61-40(67)19-56-39(66)18-55-38(65)17-54-37(64)16-53-36(63)15-52/h7-10,13-14,23,25,33,43,73H,6,11-12,15-22,52H2,1-5H3,(H,53,63)(H,54,64)(H,55,65)(H,56,66)(H,57,69)(H,58,68)(H,60,72)(H,61,67)/t25-,33+,43-,50+/m1/s1. The highest BCUT2D eigenvalue weighted by molar-refractivity contribution is 5.99. The molecular weight excluding hydrogens is 982 g/mol. The maximum atomic E-state index is 15.4. The molecule has 0 bridgehead atoms. The number of aryl methyl sites for hydroxylation is 1. The number of pyridine rings is 2. The van der Waals surface area contributed by atoms with Gasteiger partial charge in [-0.05, 0) is 79.5 Å². The number of halogens is 1. The molecule has 2 aliphatic heterocycles. The molecule has 11 N–H and O–H groups in total. The highest BCUT2D eigenvalue weighted by Crippen LogP contribution is 2.46.